The summed E-state index contributed by atoms with van der Waals surface area (Å²) in [5, 5.41) is 6.88. The van der Waals surface area contributed by atoms with Crippen molar-refractivity contribution in [1.29, 1.82) is 0 Å². The first-order valence-corrected chi connectivity index (χ1v) is 7.14. The molecule has 2 unspecified atom stereocenters. The Morgan fingerprint density at radius 2 is 2.11 bits per heavy atom. The lowest BCUT2D eigenvalue weighted by molar-refractivity contribution is 0.613. The van der Waals surface area contributed by atoms with E-state index in [9.17, 15) is 0 Å². The molecule has 2 N–H and O–H groups in total. The van der Waals surface area contributed by atoms with Gasteiger partial charge in [0.15, 0.2) is 5.96 Å². The SMILES string of the molecule is CN=C(NCC(C)C)NC1CC1c1ccccc1C. The van der Waals surface area contributed by atoms with Crippen molar-refractivity contribution in [2.75, 3.05) is 13.6 Å². The number of guanidine groups is 1. The van der Waals surface area contributed by atoms with Gasteiger partial charge in [-0.2, -0.15) is 0 Å². The van der Waals surface area contributed by atoms with E-state index < -0.39 is 0 Å². The second-order valence-electron chi connectivity index (χ2n) is 5.80. The first kappa shape index (κ1) is 13.9. The fraction of sp³-hybridized carbons (Fsp3) is 0.562. The Morgan fingerprint density at radius 3 is 2.74 bits per heavy atom. The smallest absolute Gasteiger partial charge is 0.191 e. The van der Waals surface area contributed by atoms with Gasteiger partial charge in [0.1, 0.15) is 0 Å². The summed E-state index contributed by atoms with van der Waals surface area (Å²) in [6.45, 7) is 7.55. The van der Waals surface area contributed by atoms with Gasteiger partial charge in [0.25, 0.3) is 0 Å². The van der Waals surface area contributed by atoms with Gasteiger partial charge in [0.2, 0.25) is 0 Å². The number of nitrogens with one attached hydrogen (secondary N) is 2. The fourth-order valence-electron chi connectivity index (χ4n) is 2.37. The number of hydrogen-bond donors (Lipinski definition) is 2. The summed E-state index contributed by atoms with van der Waals surface area (Å²) in [7, 11) is 1.83. The first-order valence-electron chi connectivity index (χ1n) is 7.14. The first-order chi connectivity index (χ1) is 9.11. The standard InChI is InChI=1S/C16H25N3/c1-11(2)10-18-16(17-4)19-15-9-14(15)13-8-6-5-7-12(13)3/h5-8,11,14-15H,9-10H2,1-4H3,(H2,17,18,19). The molecule has 3 nitrogen and oxygen atoms in total. The molecule has 0 amide bonds. The summed E-state index contributed by atoms with van der Waals surface area (Å²) in [6, 6.07) is 9.19. The van der Waals surface area contributed by atoms with Crippen LogP contribution in [0, 0.1) is 12.8 Å². The van der Waals surface area contributed by atoms with Gasteiger partial charge in [-0.1, -0.05) is 38.1 Å². The molecule has 0 saturated heterocycles. The lowest BCUT2D eigenvalue weighted by Gasteiger charge is -2.13. The minimum Gasteiger partial charge on any atom is -0.356 e. The Kier molecular flexibility index (Phi) is 4.46. The molecule has 3 heteroatoms. The number of benzene rings is 1. The lowest BCUT2D eigenvalue weighted by Crippen LogP contribution is -2.40. The van der Waals surface area contributed by atoms with E-state index in [0.29, 0.717) is 17.9 Å². The Labute approximate surface area is 116 Å². The minimum absolute atomic E-state index is 0.527. The van der Waals surface area contributed by atoms with E-state index in [1.165, 1.54) is 17.5 Å². The summed E-state index contributed by atoms with van der Waals surface area (Å²) in [5.74, 6) is 2.19. The summed E-state index contributed by atoms with van der Waals surface area (Å²) >= 11 is 0. The van der Waals surface area contributed by atoms with Crippen molar-refractivity contribution in [2.24, 2.45) is 10.9 Å². The van der Waals surface area contributed by atoms with E-state index in [1.807, 2.05) is 7.05 Å². The molecule has 2 atom stereocenters. The van der Waals surface area contributed by atoms with Crippen molar-refractivity contribution in [1.82, 2.24) is 10.6 Å². The number of hydrogen-bond acceptors (Lipinski definition) is 1. The zero-order chi connectivity index (χ0) is 13.8. The van der Waals surface area contributed by atoms with E-state index in [0.717, 1.165) is 12.5 Å². The summed E-state index contributed by atoms with van der Waals surface area (Å²) in [5.41, 5.74) is 2.86. The molecular formula is C16H25N3. The second kappa shape index (κ2) is 6.09. The van der Waals surface area contributed by atoms with Crippen LogP contribution < -0.4 is 10.6 Å². The summed E-state index contributed by atoms with van der Waals surface area (Å²) in [6.07, 6.45) is 1.20. The topological polar surface area (TPSA) is 36.4 Å². The molecule has 0 aromatic heterocycles. The second-order valence-corrected chi connectivity index (χ2v) is 5.80. The van der Waals surface area contributed by atoms with Crippen LogP contribution in [-0.2, 0) is 0 Å². The minimum atomic E-state index is 0.527. The Morgan fingerprint density at radius 1 is 1.37 bits per heavy atom. The van der Waals surface area contributed by atoms with Crippen LogP contribution in [0.5, 0.6) is 0 Å². The van der Waals surface area contributed by atoms with Gasteiger partial charge in [-0.3, -0.25) is 4.99 Å². The van der Waals surface area contributed by atoms with Crippen molar-refractivity contribution < 1.29 is 0 Å². The lowest BCUT2D eigenvalue weighted by atomic mass is 10.0. The monoisotopic (exact) mass is 259 g/mol. The third kappa shape index (κ3) is 3.72. The number of nitrogens with zero attached hydrogens (tertiary/aromatic N) is 1. The van der Waals surface area contributed by atoms with Crippen LogP contribution in [0.1, 0.15) is 37.3 Å². The van der Waals surface area contributed by atoms with Gasteiger partial charge in [-0.25, -0.2) is 0 Å². The van der Waals surface area contributed by atoms with E-state index >= 15 is 0 Å². The molecule has 2 rings (SSSR count). The van der Waals surface area contributed by atoms with Gasteiger partial charge in [0, 0.05) is 25.6 Å². The van der Waals surface area contributed by atoms with Crippen LogP contribution in [0.15, 0.2) is 29.3 Å². The Hall–Kier alpha value is -1.51. The average molecular weight is 259 g/mol. The highest BCUT2D eigenvalue weighted by Crippen LogP contribution is 2.41. The van der Waals surface area contributed by atoms with E-state index in [-0.39, 0.29) is 0 Å². The molecule has 1 aliphatic rings. The molecule has 0 spiro atoms. The van der Waals surface area contributed by atoms with Crippen molar-refractivity contribution in [2.45, 2.75) is 39.2 Å². The normalized spacial score (nSPS) is 22.5. The van der Waals surface area contributed by atoms with Crippen LogP contribution in [0.3, 0.4) is 0 Å². The van der Waals surface area contributed by atoms with Crippen LogP contribution in [-0.4, -0.2) is 25.6 Å². The van der Waals surface area contributed by atoms with Gasteiger partial charge >= 0.3 is 0 Å². The third-order valence-corrected chi connectivity index (χ3v) is 3.60. The molecule has 1 aliphatic carbocycles. The summed E-state index contributed by atoms with van der Waals surface area (Å²) < 4.78 is 0. The maximum atomic E-state index is 4.29. The van der Waals surface area contributed by atoms with Crippen molar-refractivity contribution in [3.8, 4) is 0 Å². The predicted molar refractivity (Wildman–Crippen MR) is 81.7 cm³/mol. The Bertz CT molecular complexity index is 451. The molecular weight excluding hydrogens is 234 g/mol. The maximum absolute atomic E-state index is 4.29. The molecule has 0 radical (unpaired) electrons. The van der Waals surface area contributed by atoms with Crippen LogP contribution in [0.4, 0.5) is 0 Å². The largest absolute Gasteiger partial charge is 0.356 e. The highest BCUT2D eigenvalue weighted by atomic mass is 15.2. The van der Waals surface area contributed by atoms with E-state index in [4.69, 9.17) is 0 Å². The van der Waals surface area contributed by atoms with E-state index in [2.05, 4.69) is 60.7 Å². The molecule has 104 valence electrons. The molecule has 0 heterocycles. The van der Waals surface area contributed by atoms with Crippen molar-refractivity contribution in [3.05, 3.63) is 35.4 Å². The molecule has 1 saturated carbocycles. The quantitative estimate of drug-likeness (QED) is 0.644. The van der Waals surface area contributed by atoms with Crippen LogP contribution in [0.2, 0.25) is 0 Å². The number of aryl methyl sites for hydroxylation is 1. The van der Waals surface area contributed by atoms with Crippen molar-refractivity contribution >= 4 is 5.96 Å². The molecule has 0 aliphatic heterocycles. The van der Waals surface area contributed by atoms with Crippen LogP contribution in [0.25, 0.3) is 0 Å². The molecule has 0 bridgehead atoms. The molecule has 1 aromatic carbocycles. The fourth-order valence-corrected chi connectivity index (χ4v) is 2.37. The van der Waals surface area contributed by atoms with Gasteiger partial charge in [-0.05, 0) is 30.4 Å². The maximum Gasteiger partial charge on any atom is 0.191 e. The number of aliphatic imine (C=N–C) groups is 1. The highest BCUT2D eigenvalue weighted by Gasteiger charge is 2.39. The zero-order valence-electron chi connectivity index (χ0n) is 12.4. The van der Waals surface area contributed by atoms with Gasteiger partial charge < -0.3 is 10.6 Å². The predicted octanol–water partition coefficient (Wildman–Crippen LogP) is 2.67. The van der Waals surface area contributed by atoms with Gasteiger partial charge in [0.05, 0.1) is 0 Å². The molecule has 19 heavy (non-hydrogen) atoms. The number of rotatable bonds is 4. The van der Waals surface area contributed by atoms with Gasteiger partial charge in [-0.15, -0.1) is 0 Å². The molecule has 1 fully saturated rings. The van der Waals surface area contributed by atoms with Crippen LogP contribution >= 0.6 is 0 Å². The average Bonchev–Trinajstić information content (AvgIpc) is 3.14. The molecule has 1 aromatic rings. The third-order valence-electron chi connectivity index (χ3n) is 3.60. The zero-order valence-corrected chi connectivity index (χ0v) is 12.4. The highest BCUT2D eigenvalue weighted by molar-refractivity contribution is 5.80. The summed E-state index contributed by atoms with van der Waals surface area (Å²) in [4.78, 5) is 4.29. The van der Waals surface area contributed by atoms with E-state index in [1.54, 1.807) is 0 Å². The van der Waals surface area contributed by atoms with Crippen molar-refractivity contribution in [3.63, 3.8) is 0 Å². The Balaban J connectivity index is 1.88.